The third-order valence-electron chi connectivity index (χ3n) is 23.8. The van der Waals surface area contributed by atoms with Crippen LogP contribution in [-0.4, -0.2) is 276 Å². The first-order valence-electron chi connectivity index (χ1n) is 38.1. The van der Waals surface area contributed by atoms with E-state index in [1.165, 1.54) is 80.9 Å². The molecule has 106 heavy (non-hydrogen) atoms. The maximum Gasteiger partial charge on any atom is 0.397 e. The fourth-order valence-corrected chi connectivity index (χ4v) is 17.1. The predicted octanol–water partition coefficient (Wildman–Crippen LogP) is 6.67. The number of rotatable bonds is 13. The quantitative estimate of drug-likeness (QED) is 0.129. The van der Waals surface area contributed by atoms with Crippen LogP contribution in [0.5, 0.6) is 0 Å². The van der Waals surface area contributed by atoms with E-state index in [0.29, 0.717) is 19.3 Å². The fourth-order valence-electron chi connectivity index (χ4n) is 17.1. The number of carbonyl (C=O) groups is 12. The Balaban J connectivity index is 1.32. The molecule has 0 radical (unpaired) electrons. The third kappa shape index (κ3) is 20.6. The number of halogens is 7. The van der Waals surface area contributed by atoms with Crippen molar-refractivity contribution < 1.29 is 88.3 Å². The zero-order valence-corrected chi connectivity index (χ0v) is 64.7. The van der Waals surface area contributed by atoms with E-state index in [2.05, 4.69) is 16.0 Å². The maximum atomic E-state index is 15.7. The summed E-state index contributed by atoms with van der Waals surface area (Å²) >= 11 is 0. The predicted molar refractivity (Wildman–Crippen MR) is 379 cm³/mol. The van der Waals surface area contributed by atoms with Crippen molar-refractivity contribution in [1.82, 2.24) is 60.0 Å². The van der Waals surface area contributed by atoms with Gasteiger partial charge < -0.3 is 60.0 Å². The second-order valence-electron chi connectivity index (χ2n) is 33.0. The van der Waals surface area contributed by atoms with Gasteiger partial charge >= 0.3 is 6.18 Å². The molecule has 2 bridgehead atoms. The Labute approximate surface area is 620 Å². The lowest BCUT2D eigenvalue weighted by atomic mass is 9.58. The van der Waals surface area contributed by atoms with Crippen molar-refractivity contribution in [2.45, 2.75) is 262 Å². The Morgan fingerprint density at radius 2 is 1.23 bits per heavy atom. The van der Waals surface area contributed by atoms with Crippen LogP contribution in [0.15, 0.2) is 12.2 Å². The van der Waals surface area contributed by atoms with E-state index in [0.717, 1.165) is 32.4 Å². The number of carbonyl (C=O) groups excluding carboxylic acids is 12. The molecule has 1 spiro atoms. The lowest BCUT2D eigenvalue weighted by molar-refractivity contribution is -0.219. The average Bonchev–Trinajstić information content (AvgIpc) is 0.775. The van der Waals surface area contributed by atoms with Gasteiger partial charge in [-0.05, 0) is 124 Å². The molecule has 4 saturated carbocycles. The summed E-state index contributed by atoms with van der Waals surface area (Å²) in [5.41, 5.74) is -2.30. The Morgan fingerprint density at radius 3 is 1.78 bits per heavy atom. The molecule has 7 rings (SSSR count). The molecular weight excluding hydrogens is 1390 g/mol. The summed E-state index contributed by atoms with van der Waals surface area (Å²) in [5, 5.41) is 8.54. The molecule has 7 aliphatic rings. The van der Waals surface area contributed by atoms with Crippen molar-refractivity contribution in [2.24, 2.45) is 46.8 Å². The van der Waals surface area contributed by atoms with Gasteiger partial charge in [0.15, 0.2) is 0 Å². The molecule has 3 N–H and O–H groups in total. The summed E-state index contributed by atoms with van der Waals surface area (Å²) in [6, 6.07) is -11.1. The molecule has 0 aromatic rings. The first-order valence-corrected chi connectivity index (χ1v) is 38.1. The van der Waals surface area contributed by atoms with Crippen LogP contribution in [-0.2, 0) is 57.5 Å². The minimum Gasteiger partial charge on any atom is -0.347 e. The zero-order valence-electron chi connectivity index (χ0n) is 64.7. The van der Waals surface area contributed by atoms with Crippen LogP contribution in [0.1, 0.15) is 183 Å². The van der Waals surface area contributed by atoms with E-state index in [4.69, 9.17) is 0 Å². The highest BCUT2D eigenvalue weighted by molar-refractivity contribution is 6.01. The Morgan fingerprint density at radius 1 is 0.642 bits per heavy atom. The Kier molecular flexibility index (Phi) is 28.8. The van der Waals surface area contributed by atoms with Gasteiger partial charge in [0.2, 0.25) is 76.8 Å². The third-order valence-corrected chi connectivity index (χ3v) is 23.8. The minimum absolute atomic E-state index is 0.0134. The van der Waals surface area contributed by atoms with Crippen molar-refractivity contribution in [1.29, 1.82) is 0 Å². The van der Waals surface area contributed by atoms with Gasteiger partial charge in [-0.15, -0.1) is 0 Å². The second kappa shape index (κ2) is 35.5. The molecule has 0 aromatic heterocycles. The highest BCUT2D eigenvalue weighted by Gasteiger charge is 2.60. The van der Waals surface area contributed by atoms with Crippen LogP contribution in [0.4, 0.5) is 30.7 Å². The molecule has 31 heteroatoms. The summed E-state index contributed by atoms with van der Waals surface area (Å²) in [6.07, 6.45) is -8.25. The smallest absolute Gasteiger partial charge is 0.347 e. The average molecular weight is 1510 g/mol. The van der Waals surface area contributed by atoms with Gasteiger partial charge in [-0.1, -0.05) is 92.7 Å². The molecule has 12 atom stereocenters. The summed E-state index contributed by atoms with van der Waals surface area (Å²) in [6.45, 7) is 11.0. The topological polar surface area (TPSA) is 270 Å². The van der Waals surface area contributed by atoms with Gasteiger partial charge in [-0.2, -0.15) is 13.2 Å². The number of hydrogen-bond donors (Lipinski definition) is 3. The van der Waals surface area contributed by atoms with E-state index in [-0.39, 0.29) is 83.2 Å². The van der Waals surface area contributed by atoms with Gasteiger partial charge in [-0.25, -0.2) is 17.6 Å². The summed E-state index contributed by atoms with van der Waals surface area (Å²) in [4.78, 5) is 192. The Hall–Kier alpha value is -7.11. The molecule has 0 aromatic carbocycles. The normalized spacial score (nSPS) is 31.8. The van der Waals surface area contributed by atoms with Crippen LogP contribution in [0.3, 0.4) is 0 Å². The van der Waals surface area contributed by atoms with Crippen LogP contribution < -0.4 is 16.0 Å². The number of nitrogens with zero attached hydrogens (tertiary/aromatic N) is 9. The van der Waals surface area contributed by atoms with Crippen LogP contribution in [0, 0.1) is 46.8 Å². The lowest BCUT2D eigenvalue weighted by Gasteiger charge is -2.54. The molecule has 3 aliphatic heterocycles. The molecule has 24 nitrogen and oxygen atoms in total. The zero-order chi connectivity index (χ0) is 79.2. The Bertz CT molecular complexity index is 3210. The molecule has 2 unspecified atom stereocenters. The van der Waals surface area contributed by atoms with E-state index < -0.39 is 242 Å². The summed E-state index contributed by atoms with van der Waals surface area (Å²) < 4.78 is 102. The maximum absolute atomic E-state index is 15.7. The SMILES string of the molecule is CCC(CC)[C@H]1C(=O)N(C)[C@H](C(=O)N(C)C)CC(=O)N(C)[C@@H](CC2CC2)C(=O)N[C@@H]([C@@H](C)CC)C(=O)N(C)CC(=O)N(C)[C@H]2C/C=C\CCN(C2=O)[C@@H](CC2CCC(F)(F)CC2)C(=O)N(C)CC(=O)N[C@@H](CCC2CC(F)C(C(F)(F)F)C(F)C2)C(=O)N2C[C@@H](C)C[C@H]2C(=O)NC2(CC(C)(C)C2)C(=O)N1C. The fraction of sp³-hybridized carbons (Fsp3) is 0.813. The lowest BCUT2D eigenvalue weighted by Crippen LogP contribution is -2.71. The molecule has 12 amide bonds. The number of likely N-dealkylation sites (N-methyl/N-ethyl adjacent to an activating group) is 7. The molecular formula is C75H117F7N12O12. The van der Waals surface area contributed by atoms with Crippen LogP contribution in [0.2, 0.25) is 0 Å². The molecule has 3 heterocycles. The van der Waals surface area contributed by atoms with Crippen molar-refractivity contribution >= 4 is 70.9 Å². The summed E-state index contributed by atoms with van der Waals surface area (Å²) in [7, 11) is 11.0. The largest absolute Gasteiger partial charge is 0.397 e. The van der Waals surface area contributed by atoms with E-state index in [1.807, 2.05) is 27.7 Å². The van der Waals surface area contributed by atoms with Gasteiger partial charge in [0.1, 0.15) is 72.1 Å². The summed E-state index contributed by atoms with van der Waals surface area (Å²) in [5.74, 6) is -18.2. The van der Waals surface area contributed by atoms with E-state index >= 15 is 37.5 Å². The highest BCUT2D eigenvalue weighted by atomic mass is 19.4. The number of hydrogen-bond acceptors (Lipinski definition) is 12. The number of alkyl halides is 7. The number of nitrogens with one attached hydrogen (secondary N) is 3. The van der Waals surface area contributed by atoms with Gasteiger partial charge in [0, 0.05) is 82.3 Å². The van der Waals surface area contributed by atoms with Crippen LogP contribution >= 0.6 is 0 Å². The molecule has 6 fully saturated rings. The first kappa shape index (κ1) is 86.1. The van der Waals surface area contributed by atoms with Crippen molar-refractivity contribution in [2.75, 3.05) is 82.6 Å². The minimum atomic E-state index is -5.20. The number of amides is 12. The number of fused-ring (bicyclic) bond motifs is 3. The van der Waals surface area contributed by atoms with E-state index in [9.17, 15) is 50.7 Å². The first-order chi connectivity index (χ1) is 49.4. The molecule has 598 valence electrons. The van der Waals surface area contributed by atoms with E-state index in [1.54, 1.807) is 32.9 Å². The van der Waals surface area contributed by atoms with Crippen LogP contribution in [0.25, 0.3) is 0 Å². The second-order valence-corrected chi connectivity index (χ2v) is 33.0. The molecule has 4 aliphatic carbocycles. The monoisotopic (exact) mass is 1510 g/mol. The standard InChI is InChI=1S/C75H117F7N12O12/c1-16-44(5)61-69(104)88(11)40-59(97)89(12)52-22-20-19-21-31-93(68(52)103)56(36-46-27-29-74(78,79)30-28-46)67(102)87(10)39-57(95)83-51(26-25-47-33-49(76)60(50(77)34-47)75(80,81)82)65(100)94-38-43(4)32-54(94)64(99)85-73(41-72(6,7)42-73)71(106)92(15)62(48(17-2)18-3)70(105)91(14)55(66(101)86(8)9)37-58(96)90(13)53(63(98)84-61)35-45-23-24-45/h19-20,43-56,60-62H,16-18,21-42H2,1-15H3,(H,83,95)(H,84,98)(H,85,99)/b20-19-/t43-,44-,47?,49?,50?,51-,52-,53-,54-,55-,56-,60?,61-,62-/m0/s1. The van der Waals surface area contributed by atoms with Gasteiger partial charge in [-0.3, -0.25) is 57.5 Å². The van der Waals surface area contributed by atoms with Crippen molar-refractivity contribution in [3.05, 3.63) is 12.2 Å². The van der Waals surface area contributed by atoms with Gasteiger partial charge in [0.05, 0.1) is 19.5 Å². The van der Waals surface area contributed by atoms with Gasteiger partial charge in [0.25, 0.3) is 0 Å². The van der Waals surface area contributed by atoms with Crippen molar-refractivity contribution in [3.8, 4) is 0 Å². The van der Waals surface area contributed by atoms with Crippen molar-refractivity contribution in [3.63, 3.8) is 0 Å². The highest BCUT2D eigenvalue weighted by Crippen LogP contribution is 2.50. The molecule has 2 saturated heterocycles.